The van der Waals surface area contributed by atoms with Gasteiger partial charge in [-0.25, -0.2) is 0 Å². The monoisotopic (exact) mass is 346 g/mol. The Morgan fingerprint density at radius 2 is 2.20 bits per heavy atom. The van der Waals surface area contributed by atoms with Crippen molar-refractivity contribution >= 4 is 5.91 Å². The minimum atomic E-state index is -0.970. The van der Waals surface area contributed by atoms with Crippen molar-refractivity contribution in [3.8, 4) is 5.75 Å². The molecule has 1 aliphatic heterocycles. The zero-order valence-corrected chi connectivity index (χ0v) is 14.5. The van der Waals surface area contributed by atoms with Crippen LogP contribution in [0.1, 0.15) is 30.4 Å². The number of fused-ring (bicyclic) bond motifs is 1. The molecule has 1 saturated heterocycles. The van der Waals surface area contributed by atoms with Crippen molar-refractivity contribution in [1.29, 1.82) is 0 Å². The van der Waals surface area contributed by atoms with Gasteiger partial charge in [-0.2, -0.15) is 0 Å². The summed E-state index contributed by atoms with van der Waals surface area (Å²) in [5.41, 5.74) is 0.715. The van der Waals surface area contributed by atoms with Crippen LogP contribution in [0.15, 0.2) is 18.2 Å². The fourth-order valence-corrected chi connectivity index (χ4v) is 5.61. The molecule has 1 aromatic rings. The summed E-state index contributed by atoms with van der Waals surface area (Å²) in [4.78, 5) is 14.7. The average molecular weight is 346 g/mol. The number of likely N-dealkylation sites (tertiary alicyclic amines) is 1. The first-order valence-corrected chi connectivity index (χ1v) is 9.05. The SMILES string of the molecule is CN1CC[C@]23C[C@H](C(=O)NCCO)C[C@@]2(O)[C@H]1Cc1ccc(O)cc13. The van der Waals surface area contributed by atoms with Gasteiger partial charge in [0, 0.05) is 23.9 Å². The summed E-state index contributed by atoms with van der Waals surface area (Å²) in [5, 5.41) is 33.5. The average Bonchev–Trinajstić information content (AvgIpc) is 2.92. The number of nitrogens with one attached hydrogen (secondary N) is 1. The van der Waals surface area contributed by atoms with E-state index < -0.39 is 11.0 Å². The first-order chi connectivity index (χ1) is 11.9. The second-order valence-electron chi connectivity index (χ2n) is 7.92. The molecule has 0 radical (unpaired) electrons. The summed E-state index contributed by atoms with van der Waals surface area (Å²) in [6.07, 6.45) is 2.52. The highest BCUT2D eigenvalue weighted by molar-refractivity contribution is 5.80. The topological polar surface area (TPSA) is 93.0 Å². The van der Waals surface area contributed by atoms with Crippen LogP contribution in [0.2, 0.25) is 0 Å². The van der Waals surface area contributed by atoms with E-state index in [1.54, 1.807) is 12.1 Å². The van der Waals surface area contributed by atoms with Crippen LogP contribution >= 0.6 is 0 Å². The van der Waals surface area contributed by atoms with Gasteiger partial charge in [-0.1, -0.05) is 6.07 Å². The number of likely N-dealkylation sites (N-methyl/N-ethyl adjacent to an activating group) is 1. The number of rotatable bonds is 3. The Balaban J connectivity index is 1.78. The number of aliphatic hydroxyl groups excluding tert-OH is 1. The van der Waals surface area contributed by atoms with E-state index in [-0.39, 0.29) is 36.8 Å². The Morgan fingerprint density at radius 1 is 1.40 bits per heavy atom. The van der Waals surface area contributed by atoms with Gasteiger partial charge in [-0.05, 0) is 62.5 Å². The maximum absolute atomic E-state index is 12.5. The molecule has 3 aliphatic rings. The molecule has 2 bridgehead atoms. The third-order valence-corrected chi connectivity index (χ3v) is 6.76. The standard InChI is InChI=1S/C19H26N2O4/c1-21-6-4-18-10-13(17(24)20-5-7-22)11-19(18,25)16(21)8-12-2-3-14(23)9-15(12)18/h2-3,9,13,16,22-23,25H,4-8,10-11H2,1H3,(H,20,24)/t13-,16+,18+,19+/m0/s1. The number of carbonyl (C=O) groups excluding carboxylic acids is 1. The third-order valence-electron chi connectivity index (χ3n) is 6.76. The van der Waals surface area contributed by atoms with Crippen LogP contribution in [0, 0.1) is 5.92 Å². The number of hydrogen-bond acceptors (Lipinski definition) is 5. The maximum atomic E-state index is 12.5. The number of phenols is 1. The van der Waals surface area contributed by atoms with E-state index in [0.717, 1.165) is 30.5 Å². The summed E-state index contributed by atoms with van der Waals surface area (Å²) in [6, 6.07) is 5.43. The second-order valence-corrected chi connectivity index (χ2v) is 7.92. The molecule has 0 spiro atoms. The van der Waals surface area contributed by atoms with Crippen LogP contribution in [0.3, 0.4) is 0 Å². The van der Waals surface area contributed by atoms with Crippen LogP contribution in [0.5, 0.6) is 5.75 Å². The lowest BCUT2D eigenvalue weighted by atomic mass is 9.56. The van der Waals surface area contributed by atoms with Gasteiger partial charge in [-0.3, -0.25) is 4.79 Å². The lowest BCUT2D eigenvalue weighted by molar-refractivity contribution is -0.129. The molecule has 2 fully saturated rings. The van der Waals surface area contributed by atoms with Crippen LogP contribution in [-0.4, -0.2) is 64.5 Å². The number of aliphatic hydroxyl groups is 2. The van der Waals surface area contributed by atoms with Gasteiger partial charge in [0.15, 0.2) is 0 Å². The molecule has 1 saturated carbocycles. The zero-order valence-electron chi connectivity index (χ0n) is 14.5. The van der Waals surface area contributed by atoms with Gasteiger partial charge in [-0.15, -0.1) is 0 Å². The lowest BCUT2D eigenvalue weighted by Gasteiger charge is -2.58. The molecule has 0 unspecified atom stereocenters. The molecular formula is C19H26N2O4. The molecule has 1 aromatic carbocycles. The van der Waals surface area contributed by atoms with Gasteiger partial charge in [0.2, 0.25) is 5.91 Å². The normalized spacial score (nSPS) is 36.6. The van der Waals surface area contributed by atoms with Crippen molar-refractivity contribution in [2.75, 3.05) is 26.7 Å². The predicted octanol–water partition coefficient (Wildman–Crippen LogP) is 0.140. The van der Waals surface area contributed by atoms with E-state index in [4.69, 9.17) is 5.11 Å². The zero-order chi connectivity index (χ0) is 17.8. The number of amides is 1. The first-order valence-electron chi connectivity index (χ1n) is 9.05. The van der Waals surface area contributed by atoms with Gasteiger partial charge in [0.25, 0.3) is 0 Å². The van der Waals surface area contributed by atoms with E-state index in [9.17, 15) is 15.0 Å². The Hall–Kier alpha value is -1.63. The first kappa shape index (κ1) is 16.8. The molecule has 6 nitrogen and oxygen atoms in total. The van der Waals surface area contributed by atoms with E-state index in [0.29, 0.717) is 12.8 Å². The van der Waals surface area contributed by atoms with E-state index >= 15 is 0 Å². The quantitative estimate of drug-likeness (QED) is 0.625. The molecule has 25 heavy (non-hydrogen) atoms. The van der Waals surface area contributed by atoms with Gasteiger partial charge in [0.05, 0.1) is 12.2 Å². The molecule has 1 heterocycles. The smallest absolute Gasteiger partial charge is 0.223 e. The maximum Gasteiger partial charge on any atom is 0.223 e. The van der Waals surface area contributed by atoms with Crippen molar-refractivity contribution < 1.29 is 20.1 Å². The van der Waals surface area contributed by atoms with E-state index in [1.165, 1.54) is 0 Å². The predicted molar refractivity (Wildman–Crippen MR) is 92.3 cm³/mol. The van der Waals surface area contributed by atoms with E-state index in [1.807, 2.05) is 13.1 Å². The molecular weight excluding hydrogens is 320 g/mol. The number of piperidine rings is 1. The van der Waals surface area contributed by atoms with Crippen LogP contribution in [0.25, 0.3) is 0 Å². The van der Waals surface area contributed by atoms with E-state index in [2.05, 4.69) is 10.2 Å². The Morgan fingerprint density at radius 3 is 2.96 bits per heavy atom. The Kier molecular flexibility index (Phi) is 3.83. The van der Waals surface area contributed by atoms with Crippen molar-refractivity contribution in [3.05, 3.63) is 29.3 Å². The molecule has 2 aliphatic carbocycles. The molecule has 4 atom stereocenters. The summed E-state index contributed by atoms with van der Waals surface area (Å²) in [6.45, 7) is 1.02. The minimum absolute atomic E-state index is 0.0195. The third kappa shape index (κ3) is 2.24. The number of nitrogens with zero attached hydrogens (tertiary/aromatic N) is 1. The highest BCUT2D eigenvalue weighted by Crippen LogP contribution is 2.61. The van der Waals surface area contributed by atoms with Gasteiger partial charge in [0.1, 0.15) is 5.75 Å². The van der Waals surface area contributed by atoms with Crippen LogP contribution in [-0.2, 0) is 16.6 Å². The molecule has 6 heteroatoms. The fraction of sp³-hybridized carbons (Fsp3) is 0.632. The molecule has 136 valence electrons. The highest BCUT2D eigenvalue weighted by atomic mass is 16.3. The summed E-state index contributed by atoms with van der Waals surface area (Å²) < 4.78 is 0. The number of benzene rings is 1. The van der Waals surface area contributed by atoms with Crippen molar-refractivity contribution in [1.82, 2.24) is 10.2 Å². The van der Waals surface area contributed by atoms with Gasteiger partial charge < -0.3 is 25.5 Å². The minimum Gasteiger partial charge on any atom is -0.508 e. The number of phenolic OH excluding ortho intramolecular Hbond substituents is 1. The van der Waals surface area contributed by atoms with Crippen molar-refractivity contribution in [2.45, 2.75) is 42.7 Å². The molecule has 4 rings (SSSR count). The Bertz CT molecular complexity index is 709. The molecule has 4 N–H and O–H groups in total. The number of carbonyl (C=O) groups is 1. The summed E-state index contributed by atoms with van der Waals surface area (Å²) in [5.74, 6) is -0.166. The van der Waals surface area contributed by atoms with Crippen LogP contribution < -0.4 is 5.32 Å². The lowest BCUT2D eigenvalue weighted by Crippen LogP contribution is -2.68. The number of aromatic hydroxyl groups is 1. The summed E-state index contributed by atoms with van der Waals surface area (Å²) in [7, 11) is 2.04. The van der Waals surface area contributed by atoms with Gasteiger partial charge >= 0.3 is 0 Å². The van der Waals surface area contributed by atoms with Crippen LogP contribution in [0.4, 0.5) is 0 Å². The Labute approximate surface area is 147 Å². The molecule has 0 aromatic heterocycles. The molecule has 1 amide bonds. The summed E-state index contributed by atoms with van der Waals surface area (Å²) >= 11 is 0. The van der Waals surface area contributed by atoms with Crippen molar-refractivity contribution in [2.24, 2.45) is 5.92 Å². The highest BCUT2D eigenvalue weighted by Gasteiger charge is 2.67. The number of hydrogen-bond donors (Lipinski definition) is 4. The second kappa shape index (κ2) is 5.69. The fourth-order valence-electron chi connectivity index (χ4n) is 5.61. The van der Waals surface area contributed by atoms with Crippen molar-refractivity contribution in [3.63, 3.8) is 0 Å². The largest absolute Gasteiger partial charge is 0.508 e.